The Balaban J connectivity index is 0.000000754. The van der Waals surface area contributed by atoms with Crippen molar-refractivity contribution in [2.45, 2.75) is 30.5 Å². The maximum Gasteiger partial charge on any atom is 0.164 e. The molecule has 0 radical (unpaired) electrons. The van der Waals surface area contributed by atoms with Crippen molar-refractivity contribution in [3.8, 4) is 0 Å². The van der Waals surface area contributed by atoms with Gasteiger partial charge in [-0.3, -0.25) is 14.4 Å². The minimum absolute atomic E-state index is 0.160. The molecule has 6 N–H and O–H groups in total. The number of aliphatic hydroxyl groups is 5. The summed E-state index contributed by atoms with van der Waals surface area (Å²) in [6.45, 7) is 1.79. The summed E-state index contributed by atoms with van der Waals surface area (Å²) in [6.07, 6.45) is -6.79. The Morgan fingerprint density at radius 2 is 1.50 bits per heavy atom. The van der Waals surface area contributed by atoms with Gasteiger partial charge in [0.2, 0.25) is 0 Å². The molecule has 1 fully saturated rings. The summed E-state index contributed by atoms with van der Waals surface area (Å²) in [7, 11) is 0. The second kappa shape index (κ2) is 13.0. The Morgan fingerprint density at radius 3 is 1.88 bits per heavy atom. The third-order valence-electron chi connectivity index (χ3n) is 3.03. The van der Waals surface area contributed by atoms with Gasteiger partial charge in [-0.1, -0.05) is 0 Å². The maximum absolute atomic E-state index is 10.9. The van der Waals surface area contributed by atoms with E-state index >= 15 is 0 Å². The van der Waals surface area contributed by atoms with Crippen molar-refractivity contribution >= 4 is 18.9 Å². The van der Waals surface area contributed by atoms with Crippen LogP contribution in [0.25, 0.3) is 0 Å². The molecule has 140 valence electrons. The lowest BCUT2D eigenvalue weighted by Crippen LogP contribution is -2.52. The maximum atomic E-state index is 10.9. The zero-order valence-corrected chi connectivity index (χ0v) is 13.0. The first kappa shape index (κ1) is 22.7. The Labute approximate surface area is 138 Å². The van der Waals surface area contributed by atoms with Crippen molar-refractivity contribution < 1.29 is 44.8 Å². The molecule has 4 unspecified atom stereocenters. The average molecular weight is 352 g/mol. The molecule has 0 amide bonds. The lowest BCUT2D eigenvalue weighted by molar-refractivity contribution is -0.232. The number of carbonyl (C=O) groups excluding carboxylic acids is 3. The van der Waals surface area contributed by atoms with E-state index in [0.717, 1.165) is 0 Å². The highest BCUT2D eigenvalue weighted by Gasteiger charge is 2.33. The van der Waals surface area contributed by atoms with Gasteiger partial charge in [-0.05, 0) is 0 Å². The lowest BCUT2D eigenvalue weighted by Gasteiger charge is -2.32. The number of nitrogens with one attached hydrogen (secondary N) is 1. The zero-order valence-electron chi connectivity index (χ0n) is 13.0. The van der Waals surface area contributed by atoms with Gasteiger partial charge in [-0.25, -0.2) is 0 Å². The van der Waals surface area contributed by atoms with Gasteiger partial charge in [0.15, 0.2) is 31.1 Å². The first-order valence-corrected chi connectivity index (χ1v) is 7.22. The van der Waals surface area contributed by atoms with Crippen molar-refractivity contribution in [2.75, 3.05) is 32.8 Å². The summed E-state index contributed by atoms with van der Waals surface area (Å²) in [6, 6.07) is 0. The van der Waals surface area contributed by atoms with Crippen LogP contribution in [0.5, 0.6) is 0 Å². The third kappa shape index (κ3) is 8.52. The number of carbonyl (C=O) groups is 3. The Bertz CT molecular complexity index is 357. The van der Waals surface area contributed by atoms with Crippen LogP contribution >= 0.6 is 0 Å². The zero-order chi connectivity index (χ0) is 18.5. The fourth-order valence-corrected chi connectivity index (χ4v) is 1.65. The number of nitrogens with zero attached hydrogens (tertiary/aromatic N) is 1. The van der Waals surface area contributed by atoms with Crippen molar-refractivity contribution in [1.29, 1.82) is 0 Å². The summed E-state index contributed by atoms with van der Waals surface area (Å²) >= 11 is 0. The van der Waals surface area contributed by atoms with Crippen LogP contribution in [0, 0.1) is 0 Å². The highest BCUT2D eigenvalue weighted by atomic mass is 16.7. The van der Waals surface area contributed by atoms with Gasteiger partial charge < -0.3 is 35.6 Å². The van der Waals surface area contributed by atoms with Crippen LogP contribution in [0.1, 0.15) is 0 Å². The van der Waals surface area contributed by atoms with Crippen LogP contribution in [0.15, 0.2) is 0 Å². The molecule has 0 saturated carbocycles. The molecule has 4 atom stereocenters. The summed E-state index contributed by atoms with van der Waals surface area (Å²) in [5.41, 5.74) is 0. The average Bonchev–Trinajstić information content (AvgIpc) is 2.64. The molecule has 1 saturated heterocycles. The van der Waals surface area contributed by atoms with Gasteiger partial charge in [-0.2, -0.15) is 5.06 Å². The van der Waals surface area contributed by atoms with Crippen molar-refractivity contribution in [3.63, 3.8) is 0 Å². The molecule has 11 heteroatoms. The van der Waals surface area contributed by atoms with E-state index in [2.05, 4.69) is 5.32 Å². The summed E-state index contributed by atoms with van der Waals surface area (Å²) in [4.78, 5) is 34.6. The van der Waals surface area contributed by atoms with E-state index in [1.54, 1.807) is 0 Å². The van der Waals surface area contributed by atoms with E-state index in [1.165, 1.54) is 5.06 Å². The molecule has 1 rings (SSSR count). The molecule has 24 heavy (non-hydrogen) atoms. The number of hydrogen-bond acceptors (Lipinski definition) is 11. The third-order valence-corrected chi connectivity index (χ3v) is 3.03. The van der Waals surface area contributed by atoms with Gasteiger partial charge in [0.1, 0.15) is 18.3 Å². The minimum Gasteiger partial charge on any atom is -0.394 e. The molecule has 11 nitrogen and oxygen atoms in total. The molecule has 1 aliphatic rings. The molecule has 0 aromatic rings. The smallest absolute Gasteiger partial charge is 0.164 e. The van der Waals surface area contributed by atoms with E-state index in [4.69, 9.17) is 15.1 Å². The van der Waals surface area contributed by atoms with Gasteiger partial charge >= 0.3 is 0 Å². The predicted molar refractivity (Wildman–Crippen MR) is 78.6 cm³/mol. The summed E-state index contributed by atoms with van der Waals surface area (Å²) in [5, 5.41) is 49.6. The Kier molecular flexibility index (Phi) is 12.3. The van der Waals surface area contributed by atoms with Gasteiger partial charge in [0.25, 0.3) is 0 Å². The van der Waals surface area contributed by atoms with E-state index in [-0.39, 0.29) is 12.6 Å². The number of piperazine rings is 1. The van der Waals surface area contributed by atoms with Crippen LogP contribution in [-0.4, -0.2) is 113 Å². The second-order valence-electron chi connectivity index (χ2n) is 4.88. The van der Waals surface area contributed by atoms with E-state index < -0.39 is 37.1 Å². The van der Waals surface area contributed by atoms with E-state index in [1.807, 2.05) is 0 Å². The van der Waals surface area contributed by atoms with E-state index in [9.17, 15) is 29.7 Å². The highest BCUT2D eigenvalue weighted by molar-refractivity contribution is 5.79. The number of hydrogen-bond donors (Lipinski definition) is 6. The first-order chi connectivity index (χ1) is 11.4. The molecular formula is C13H24N2O9. The highest BCUT2D eigenvalue weighted by Crippen LogP contribution is 2.09. The molecule has 1 heterocycles. The lowest BCUT2D eigenvalue weighted by atomic mass is 10.0. The van der Waals surface area contributed by atoms with Crippen LogP contribution < -0.4 is 5.32 Å². The summed E-state index contributed by atoms with van der Waals surface area (Å²) in [5.74, 6) is 0. The number of aldehydes is 3. The van der Waals surface area contributed by atoms with Crippen molar-refractivity contribution in [2.24, 2.45) is 0 Å². The van der Waals surface area contributed by atoms with Gasteiger partial charge in [0, 0.05) is 26.2 Å². The number of aliphatic hydroxyl groups excluding tert-OH is 5. The van der Waals surface area contributed by atoms with Crippen molar-refractivity contribution in [1.82, 2.24) is 10.4 Å². The molecule has 0 aliphatic carbocycles. The van der Waals surface area contributed by atoms with Crippen LogP contribution in [0.3, 0.4) is 0 Å². The first-order valence-electron chi connectivity index (χ1n) is 7.22. The standard InChI is InChI=1S/C10H20N2O6.C3H4O3/c13-5-7(15)9(16)10(17)8(6-14)18-12-3-1-11-2-4-12;4-1-3(6)2-5/h6-11,13,15-17H,1-5H2;1-3,6H. The second-order valence-corrected chi connectivity index (χ2v) is 4.88. The number of rotatable bonds is 9. The van der Waals surface area contributed by atoms with Crippen LogP contribution in [0.2, 0.25) is 0 Å². The quantitative estimate of drug-likeness (QED) is 0.173. The largest absolute Gasteiger partial charge is 0.394 e. The minimum atomic E-state index is -1.65. The molecular weight excluding hydrogens is 328 g/mol. The SMILES string of the molecule is O=CC(O)C=O.O=CC(ON1CCNCC1)C(O)C(O)C(O)CO. The van der Waals surface area contributed by atoms with Crippen LogP contribution in [-0.2, 0) is 19.2 Å². The molecule has 0 bridgehead atoms. The Morgan fingerprint density at radius 1 is 0.958 bits per heavy atom. The fraction of sp³-hybridized carbons (Fsp3) is 0.769. The molecule has 0 aromatic heterocycles. The van der Waals surface area contributed by atoms with Crippen LogP contribution in [0.4, 0.5) is 0 Å². The molecule has 1 aliphatic heterocycles. The normalized spacial score (nSPS) is 20.2. The predicted octanol–water partition coefficient (Wildman–Crippen LogP) is -4.79. The summed E-state index contributed by atoms with van der Waals surface area (Å²) < 4.78 is 0. The van der Waals surface area contributed by atoms with Gasteiger partial charge in [0.05, 0.1) is 6.61 Å². The van der Waals surface area contributed by atoms with Gasteiger partial charge in [-0.15, -0.1) is 0 Å². The Hall–Kier alpha value is -1.31. The van der Waals surface area contributed by atoms with E-state index in [0.29, 0.717) is 32.5 Å². The molecule has 0 aromatic carbocycles. The topological polar surface area (TPSA) is 177 Å². The van der Waals surface area contributed by atoms with Crippen molar-refractivity contribution in [3.05, 3.63) is 0 Å². The number of hydroxylamine groups is 2. The fourth-order valence-electron chi connectivity index (χ4n) is 1.65. The monoisotopic (exact) mass is 352 g/mol. The molecule has 0 spiro atoms.